The quantitative estimate of drug-likeness (QED) is 0.883. The molecule has 0 saturated carbocycles. The maximum atomic E-state index is 12.7. The highest BCUT2D eigenvalue weighted by molar-refractivity contribution is 5.95. The predicted octanol–water partition coefficient (Wildman–Crippen LogP) is 1.64. The highest BCUT2D eigenvalue weighted by atomic mass is 16.5. The summed E-state index contributed by atoms with van der Waals surface area (Å²) in [5, 5.41) is 0. The van der Waals surface area contributed by atoms with Crippen LogP contribution in [0, 0.1) is 6.92 Å². The molecular formula is C19H24N4O3. The highest BCUT2D eigenvalue weighted by Gasteiger charge is 2.25. The second-order valence-electron chi connectivity index (χ2n) is 6.39. The van der Waals surface area contributed by atoms with Crippen molar-refractivity contribution in [2.24, 2.45) is 0 Å². The Labute approximate surface area is 153 Å². The summed E-state index contributed by atoms with van der Waals surface area (Å²) in [7, 11) is 1.60. The Hall–Kier alpha value is -2.83. The third-order valence-electron chi connectivity index (χ3n) is 4.71. The number of aryl methyl sites for hydroxylation is 2. The number of methoxy groups -OCH3 is 1. The molecule has 7 nitrogen and oxygen atoms in total. The fourth-order valence-corrected chi connectivity index (χ4v) is 3.11. The van der Waals surface area contributed by atoms with Crippen LogP contribution in [0.2, 0.25) is 0 Å². The summed E-state index contributed by atoms with van der Waals surface area (Å²) >= 11 is 0. The zero-order valence-electron chi connectivity index (χ0n) is 15.2. The molecular weight excluding hydrogens is 332 g/mol. The van der Waals surface area contributed by atoms with E-state index in [9.17, 15) is 9.59 Å². The summed E-state index contributed by atoms with van der Waals surface area (Å²) in [6.07, 6.45) is 4.47. The van der Waals surface area contributed by atoms with Crippen LogP contribution < -0.4 is 4.74 Å². The van der Waals surface area contributed by atoms with Crippen LogP contribution in [0.4, 0.5) is 0 Å². The molecule has 2 aromatic rings. The number of nitrogens with zero attached hydrogens (tertiary/aromatic N) is 3. The first-order valence-corrected chi connectivity index (χ1v) is 8.78. The molecule has 1 aliphatic rings. The zero-order valence-corrected chi connectivity index (χ0v) is 15.2. The topological polar surface area (TPSA) is 78.5 Å². The lowest BCUT2D eigenvalue weighted by Gasteiger charge is -2.35. The van der Waals surface area contributed by atoms with Gasteiger partial charge in [0.2, 0.25) is 5.91 Å². The van der Waals surface area contributed by atoms with E-state index < -0.39 is 0 Å². The number of piperazine rings is 1. The second-order valence-corrected chi connectivity index (χ2v) is 6.39. The molecule has 1 aliphatic heterocycles. The zero-order chi connectivity index (χ0) is 18.5. The minimum Gasteiger partial charge on any atom is -0.496 e. The third-order valence-corrected chi connectivity index (χ3v) is 4.71. The van der Waals surface area contributed by atoms with E-state index >= 15 is 0 Å². The summed E-state index contributed by atoms with van der Waals surface area (Å²) < 4.78 is 5.30. The van der Waals surface area contributed by atoms with E-state index in [4.69, 9.17) is 4.74 Å². The van der Waals surface area contributed by atoms with Crippen LogP contribution in [0.25, 0.3) is 0 Å². The van der Waals surface area contributed by atoms with E-state index in [1.54, 1.807) is 30.5 Å². The highest BCUT2D eigenvalue weighted by Crippen LogP contribution is 2.20. The molecule has 26 heavy (non-hydrogen) atoms. The van der Waals surface area contributed by atoms with E-state index in [2.05, 4.69) is 9.97 Å². The van der Waals surface area contributed by atoms with Crippen molar-refractivity contribution in [2.45, 2.75) is 19.8 Å². The van der Waals surface area contributed by atoms with Crippen molar-refractivity contribution in [2.75, 3.05) is 33.3 Å². The molecule has 2 amide bonds. The van der Waals surface area contributed by atoms with Crippen molar-refractivity contribution in [3.8, 4) is 5.75 Å². The van der Waals surface area contributed by atoms with Gasteiger partial charge >= 0.3 is 0 Å². The average Bonchev–Trinajstić information content (AvgIpc) is 3.19. The van der Waals surface area contributed by atoms with E-state index in [0.717, 1.165) is 11.4 Å². The lowest BCUT2D eigenvalue weighted by molar-refractivity contribution is -0.132. The number of amides is 2. The monoisotopic (exact) mass is 356 g/mol. The number of carbonyl (C=O) groups excluding carboxylic acids is 2. The van der Waals surface area contributed by atoms with Gasteiger partial charge in [0.25, 0.3) is 5.91 Å². The number of hydrogen-bond donors (Lipinski definition) is 1. The van der Waals surface area contributed by atoms with Gasteiger partial charge in [-0.05, 0) is 24.6 Å². The molecule has 2 heterocycles. The Kier molecular flexibility index (Phi) is 5.55. The second kappa shape index (κ2) is 8.03. The molecule has 0 bridgehead atoms. The minimum absolute atomic E-state index is 0.0222. The number of ether oxygens (including phenoxy) is 1. The van der Waals surface area contributed by atoms with Crippen molar-refractivity contribution < 1.29 is 14.3 Å². The Morgan fingerprint density at radius 2 is 1.92 bits per heavy atom. The Bertz CT molecular complexity index is 765. The number of carbonyl (C=O) groups is 2. The van der Waals surface area contributed by atoms with E-state index in [1.165, 1.54) is 0 Å². The van der Waals surface area contributed by atoms with Crippen LogP contribution in [-0.2, 0) is 11.2 Å². The summed E-state index contributed by atoms with van der Waals surface area (Å²) in [6, 6.07) is 5.49. The van der Waals surface area contributed by atoms with Crippen LogP contribution in [0.3, 0.4) is 0 Å². The number of rotatable bonds is 5. The van der Waals surface area contributed by atoms with E-state index in [0.29, 0.717) is 50.3 Å². The fourth-order valence-electron chi connectivity index (χ4n) is 3.11. The maximum absolute atomic E-state index is 12.7. The number of H-pyrrole nitrogens is 1. The van der Waals surface area contributed by atoms with Gasteiger partial charge in [-0.25, -0.2) is 4.98 Å². The van der Waals surface area contributed by atoms with Crippen LogP contribution in [-0.4, -0.2) is 64.9 Å². The molecule has 3 rings (SSSR count). The lowest BCUT2D eigenvalue weighted by atomic mass is 10.1. The molecule has 7 heteroatoms. The number of nitrogens with one attached hydrogen (secondary N) is 1. The van der Waals surface area contributed by atoms with Gasteiger partial charge in [0.15, 0.2) is 0 Å². The van der Waals surface area contributed by atoms with E-state index in [-0.39, 0.29) is 11.8 Å². The van der Waals surface area contributed by atoms with Crippen molar-refractivity contribution >= 4 is 11.8 Å². The Morgan fingerprint density at radius 3 is 2.58 bits per heavy atom. The molecule has 1 saturated heterocycles. The lowest BCUT2D eigenvalue weighted by Crippen LogP contribution is -2.50. The van der Waals surface area contributed by atoms with Gasteiger partial charge < -0.3 is 19.5 Å². The van der Waals surface area contributed by atoms with E-state index in [1.807, 2.05) is 24.0 Å². The van der Waals surface area contributed by atoms with Crippen LogP contribution >= 0.6 is 0 Å². The summed E-state index contributed by atoms with van der Waals surface area (Å²) in [4.78, 5) is 35.8. The van der Waals surface area contributed by atoms with Gasteiger partial charge in [-0.3, -0.25) is 9.59 Å². The van der Waals surface area contributed by atoms with Crippen LogP contribution in [0.15, 0.2) is 30.6 Å². The molecule has 0 spiro atoms. The standard InChI is InChI=1S/C19H24N4O3/c1-14-3-4-15(13-16(14)26-2)19(25)23-11-9-22(10-12-23)18(24)6-5-17-20-7-8-21-17/h3-4,7-8,13H,5-6,9-12H2,1-2H3,(H,20,21). The van der Waals surface area contributed by atoms with Crippen LogP contribution in [0.5, 0.6) is 5.75 Å². The maximum Gasteiger partial charge on any atom is 0.254 e. The van der Waals surface area contributed by atoms with Gasteiger partial charge in [-0.15, -0.1) is 0 Å². The average molecular weight is 356 g/mol. The predicted molar refractivity (Wildman–Crippen MR) is 97.1 cm³/mol. The third kappa shape index (κ3) is 4.04. The molecule has 1 aromatic carbocycles. The molecule has 1 N–H and O–H groups in total. The molecule has 138 valence electrons. The number of hydrogen-bond acceptors (Lipinski definition) is 4. The minimum atomic E-state index is -0.0222. The first-order chi connectivity index (χ1) is 12.6. The Morgan fingerprint density at radius 1 is 1.19 bits per heavy atom. The first-order valence-electron chi connectivity index (χ1n) is 8.78. The molecule has 0 radical (unpaired) electrons. The number of imidazole rings is 1. The molecule has 0 unspecified atom stereocenters. The van der Waals surface area contributed by atoms with Gasteiger partial charge in [-0.2, -0.15) is 0 Å². The molecule has 1 fully saturated rings. The normalized spacial score (nSPS) is 14.4. The SMILES string of the molecule is COc1cc(C(=O)N2CCN(C(=O)CCc3ncc[nH]3)CC2)ccc1C. The smallest absolute Gasteiger partial charge is 0.254 e. The largest absolute Gasteiger partial charge is 0.496 e. The Balaban J connectivity index is 1.52. The van der Waals surface area contributed by atoms with Gasteiger partial charge in [0.1, 0.15) is 11.6 Å². The summed E-state index contributed by atoms with van der Waals surface area (Å²) in [6.45, 7) is 4.15. The van der Waals surface area contributed by atoms with Crippen molar-refractivity contribution in [3.05, 3.63) is 47.5 Å². The summed E-state index contributed by atoms with van der Waals surface area (Å²) in [5.74, 6) is 1.61. The molecule has 0 atom stereocenters. The molecule has 1 aromatic heterocycles. The number of aromatic nitrogens is 2. The van der Waals surface area contributed by atoms with Gasteiger partial charge in [-0.1, -0.05) is 6.07 Å². The molecule has 0 aliphatic carbocycles. The van der Waals surface area contributed by atoms with Crippen molar-refractivity contribution in [3.63, 3.8) is 0 Å². The van der Waals surface area contributed by atoms with Crippen molar-refractivity contribution in [1.82, 2.24) is 19.8 Å². The fraction of sp³-hybridized carbons (Fsp3) is 0.421. The number of benzene rings is 1. The van der Waals surface area contributed by atoms with Crippen LogP contribution in [0.1, 0.15) is 28.2 Å². The van der Waals surface area contributed by atoms with Crippen molar-refractivity contribution in [1.29, 1.82) is 0 Å². The van der Waals surface area contributed by atoms with Gasteiger partial charge in [0.05, 0.1) is 7.11 Å². The summed E-state index contributed by atoms with van der Waals surface area (Å²) in [5.41, 5.74) is 1.61. The first kappa shape index (κ1) is 18.0. The van der Waals surface area contributed by atoms with Gasteiger partial charge in [0, 0.05) is 57.0 Å². The number of aromatic amines is 1.